The van der Waals surface area contributed by atoms with E-state index in [0.29, 0.717) is 17.2 Å². The van der Waals surface area contributed by atoms with E-state index in [4.69, 9.17) is 13.9 Å². The highest BCUT2D eigenvalue weighted by Gasteiger charge is 2.18. The first kappa shape index (κ1) is 14.0. The van der Waals surface area contributed by atoms with Crippen molar-refractivity contribution >= 4 is 17.5 Å². The molecule has 2 heterocycles. The van der Waals surface area contributed by atoms with Gasteiger partial charge in [0.2, 0.25) is 12.7 Å². The molecule has 0 saturated heterocycles. The number of nitrogens with one attached hydrogen (secondary N) is 1. The van der Waals surface area contributed by atoms with Gasteiger partial charge in [-0.2, -0.15) is 0 Å². The first-order chi connectivity index (χ1) is 10.6. The minimum atomic E-state index is -0.356. The number of benzene rings is 1. The summed E-state index contributed by atoms with van der Waals surface area (Å²) in [7, 11) is 1.53. The number of hydrogen-bond acceptors (Lipinski definition) is 5. The van der Waals surface area contributed by atoms with Crippen molar-refractivity contribution in [3.8, 4) is 11.5 Å². The maximum Gasteiger partial charge on any atom is 0.289 e. The van der Waals surface area contributed by atoms with Crippen molar-refractivity contribution in [2.75, 3.05) is 25.7 Å². The first-order valence-electron chi connectivity index (χ1n) is 6.62. The third-order valence-electron chi connectivity index (χ3n) is 3.12. The quantitative estimate of drug-likeness (QED) is 0.930. The van der Waals surface area contributed by atoms with Crippen molar-refractivity contribution < 1.29 is 23.5 Å². The molecule has 2 amide bonds. The van der Waals surface area contributed by atoms with E-state index in [1.54, 1.807) is 30.3 Å². The first-order valence-corrected chi connectivity index (χ1v) is 6.62. The van der Waals surface area contributed by atoms with Crippen LogP contribution >= 0.6 is 0 Å². The highest BCUT2D eigenvalue weighted by atomic mass is 16.7. The Balaban J connectivity index is 1.59. The SMILES string of the molecule is CN(CC(=O)Nc1ccc2c(c1)OCO2)C(=O)c1ccco1. The molecule has 7 nitrogen and oxygen atoms in total. The Kier molecular flexibility index (Phi) is 3.69. The highest BCUT2D eigenvalue weighted by molar-refractivity contribution is 5.98. The standard InChI is InChI=1S/C15H14N2O5/c1-17(15(19)12-3-2-6-20-12)8-14(18)16-10-4-5-11-13(7-10)22-9-21-11/h2-7H,8-9H2,1H3,(H,16,18). The van der Waals surface area contributed by atoms with Crippen molar-refractivity contribution in [1.29, 1.82) is 0 Å². The molecule has 1 aliphatic heterocycles. The second kappa shape index (κ2) is 5.80. The zero-order chi connectivity index (χ0) is 15.5. The lowest BCUT2D eigenvalue weighted by Crippen LogP contribution is -2.34. The monoisotopic (exact) mass is 302 g/mol. The Morgan fingerprint density at radius 3 is 2.82 bits per heavy atom. The maximum atomic E-state index is 12.0. The molecule has 0 saturated carbocycles. The number of amides is 2. The molecule has 0 atom stereocenters. The molecule has 0 aliphatic carbocycles. The van der Waals surface area contributed by atoms with E-state index in [1.807, 2.05) is 0 Å². The van der Waals surface area contributed by atoms with Crippen LogP contribution in [-0.2, 0) is 4.79 Å². The fraction of sp³-hybridized carbons (Fsp3) is 0.200. The van der Waals surface area contributed by atoms with Gasteiger partial charge in [-0.3, -0.25) is 9.59 Å². The second-order valence-electron chi connectivity index (χ2n) is 4.75. The van der Waals surface area contributed by atoms with E-state index in [9.17, 15) is 9.59 Å². The van der Waals surface area contributed by atoms with Gasteiger partial charge in [-0.05, 0) is 24.3 Å². The third-order valence-corrected chi connectivity index (χ3v) is 3.12. The van der Waals surface area contributed by atoms with Crippen LogP contribution in [0.25, 0.3) is 0 Å². The molecule has 0 bridgehead atoms. The number of anilines is 1. The van der Waals surface area contributed by atoms with E-state index in [1.165, 1.54) is 18.2 Å². The van der Waals surface area contributed by atoms with Crippen LogP contribution in [0.1, 0.15) is 10.6 Å². The van der Waals surface area contributed by atoms with Crippen molar-refractivity contribution in [3.05, 3.63) is 42.4 Å². The Morgan fingerprint density at radius 2 is 2.05 bits per heavy atom. The summed E-state index contributed by atoms with van der Waals surface area (Å²) in [6.07, 6.45) is 1.41. The predicted molar refractivity (Wildman–Crippen MR) is 76.9 cm³/mol. The number of furan rings is 1. The maximum absolute atomic E-state index is 12.0. The van der Waals surface area contributed by atoms with E-state index in [0.717, 1.165) is 0 Å². The molecule has 0 spiro atoms. The van der Waals surface area contributed by atoms with Gasteiger partial charge < -0.3 is 24.1 Å². The number of carbonyl (C=O) groups excluding carboxylic acids is 2. The van der Waals surface area contributed by atoms with Gasteiger partial charge in [0.05, 0.1) is 12.8 Å². The van der Waals surface area contributed by atoms with E-state index in [2.05, 4.69) is 5.32 Å². The van der Waals surface area contributed by atoms with Crippen LogP contribution in [-0.4, -0.2) is 37.1 Å². The molecule has 0 unspecified atom stereocenters. The normalized spacial score (nSPS) is 12.0. The van der Waals surface area contributed by atoms with Crippen molar-refractivity contribution in [3.63, 3.8) is 0 Å². The lowest BCUT2D eigenvalue weighted by atomic mass is 10.2. The Bertz CT molecular complexity index is 696. The molecular weight excluding hydrogens is 288 g/mol. The largest absolute Gasteiger partial charge is 0.459 e. The predicted octanol–water partition coefficient (Wildman–Crippen LogP) is 1.72. The minimum absolute atomic E-state index is 0.0893. The molecule has 7 heteroatoms. The number of nitrogens with zero attached hydrogens (tertiary/aromatic N) is 1. The summed E-state index contributed by atoms with van der Waals surface area (Å²) in [4.78, 5) is 25.2. The van der Waals surface area contributed by atoms with Gasteiger partial charge in [0.25, 0.3) is 5.91 Å². The second-order valence-corrected chi connectivity index (χ2v) is 4.75. The molecule has 1 aliphatic rings. The number of carbonyl (C=O) groups is 2. The van der Waals surface area contributed by atoms with E-state index in [-0.39, 0.29) is 30.9 Å². The molecule has 1 N–H and O–H groups in total. The summed E-state index contributed by atoms with van der Waals surface area (Å²) in [6, 6.07) is 8.27. The van der Waals surface area contributed by atoms with Gasteiger partial charge in [0.15, 0.2) is 17.3 Å². The Labute approximate surface area is 126 Å². The average Bonchev–Trinajstić information content (AvgIpc) is 3.17. The molecule has 22 heavy (non-hydrogen) atoms. The molecular formula is C15H14N2O5. The van der Waals surface area contributed by atoms with Crippen LogP contribution in [0.15, 0.2) is 41.0 Å². The number of likely N-dealkylation sites (N-methyl/N-ethyl adjacent to an activating group) is 1. The van der Waals surface area contributed by atoms with Crippen molar-refractivity contribution in [1.82, 2.24) is 4.90 Å². The Hall–Kier alpha value is -2.96. The lowest BCUT2D eigenvalue weighted by molar-refractivity contribution is -0.116. The average molecular weight is 302 g/mol. The van der Waals surface area contributed by atoms with Crippen molar-refractivity contribution in [2.45, 2.75) is 0 Å². The summed E-state index contributed by atoms with van der Waals surface area (Å²) in [5, 5.41) is 2.70. The summed E-state index contributed by atoms with van der Waals surface area (Å²) in [6.45, 7) is 0.0844. The van der Waals surface area contributed by atoms with Crippen LogP contribution in [0.2, 0.25) is 0 Å². The van der Waals surface area contributed by atoms with Crippen LogP contribution < -0.4 is 14.8 Å². The van der Waals surface area contributed by atoms with Crippen molar-refractivity contribution in [2.24, 2.45) is 0 Å². The van der Waals surface area contributed by atoms with Gasteiger partial charge in [0, 0.05) is 18.8 Å². The summed E-state index contributed by atoms with van der Waals surface area (Å²) >= 11 is 0. The number of ether oxygens (including phenoxy) is 2. The van der Waals surface area contributed by atoms with Crippen LogP contribution in [0.3, 0.4) is 0 Å². The molecule has 3 rings (SSSR count). The molecule has 0 radical (unpaired) electrons. The fourth-order valence-corrected chi connectivity index (χ4v) is 2.05. The van der Waals surface area contributed by atoms with Gasteiger partial charge >= 0.3 is 0 Å². The van der Waals surface area contributed by atoms with Crippen LogP contribution in [0, 0.1) is 0 Å². The van der Waals surface area contributed by atoms with Gasteiger partial charge in [-0.1, -0.05) is 0 Å². The zero-order valence-corrected chi connectivity index (χ0v) is 11.9. The Morgan fingerprint density at radius 1 is 1.23 bits per heavy atom. The van der Waals surface area contributed by atoms with E-state index >= 15 is 0 Å². The lowest BCUT2D eigenvalue weighted by Gasteiger charge is -2.15. The minimum Gasteiger partial charge on any atom is -0.459 e. The van der Waals surface area contributed by atoms with E-state index < -0.39 is 0 Å². The summed E-state index contributed by atoms with van der Waals surface area (Å²) < 4.78 is 15.4. The highest BCUT2D eigenvalue weighted by Crippen LogP contribution is 2.34. The van der Waals surface area contributed by atoms with Gasteiger partial charge in [0.1, 0.15) is 0 Å². The molecule has 2 aromatic rings. The number of fused-ring (bicyclic) bond motifs is 1. The van der Waals surface area contributed by atoms with Gasteiger partial charge in [-0.15, -0.1) is 0 Å². The molecule has 1 aromatic heterocycles. The van der Waals surface area contributed by atoms with Crippen LogP contribution in [0.5, 0.6) is 11.5 Å². The number of rotatable bonds is 4. The number of hydrogen-bond donors (Lipinski definition) is 1. The van der Waals surface area contributed by atoms with Gasteiger partial charge in [-0.25, -0.2) is 0 Å². The third kappa shape index (κ3) is 2.88. The smallest absolute Gasteiger partial charge is 0.289 e. The zero-order valence-electron chi connectivity index (χ0n) is 11.9. The molecule has 1 aromatic carbocycles. The topological polar surface area (TPSA) is 81.0 Å². The summed E-state index contributed by atoms with van der Waals surface area (Å²) in [5.74, 6) is 0.742. The summed E-state index contributed by atoms with van der Waals surface area (Å²) in [5.41, 5.74) is 0.577. The molecule has 114 valence electrons. The molecule has 0 fully saturated rings. The van der Waals surface area contributed by atoms with Crippen LogP contribution in [0.4, 0.5) is 5.69 Å². The fourth-order valence-electron chi connectivity index (χ4n) is 2.05.